The zero-order chi connectivity index (χ0) is 13.9. The summed E-state index contributed by atoms with van der Waals surface area (Å²) in [5, 5.41) is 0. The number of fused-ring (bicyclic) bond motifs is 2. The Morgan fingerprint density at radius 3 is 2.80 bits per heavy atom. The molecule has 2 aliphatic rings. The van der Waals surface area contributed by atoms with Gasteiger partial charge in [0.05, 0.1) is 12.2 Å². The number of anilines is 1. The summed E-state index contributed by atoms with van der Waals surface area (Å²) < 4.78 is 5.69. The van der Waals surface area contributed by atoms with Gasteiger partial charge in [0.2, 0.25) is 0 Å². The number of amides is 1. The molecule has 20 heavy (non-hydrogen) atoms. The van der Waals surface area contributed by atoms with Gasteiger partial charge < -0.3 is 9.64 Å². The van der Waals surface area contributed by atoms with E-state index in [0.29, 0.717) is 6.54 Å². The Labute approximate surface area is 117 Å². The van der Waals surface area contributed by atoms with Crippen LogP contribution >= 0.6 is 0 Å². The van der Waals surface area contributed by atoms with Crippen LogP contribution in [0.2, 0.25) is 0 Å². The van der Waals surface area contributed by atoms with E-state index >= 15 is 0 Å². The fourth-order valence-electron chi connectivity index (χ4n) is 3.31. The molecule has 2 heterocycles. The van der Waals surface area contributed by atoms with E-state index in [1.165, 1.54) is 16.7 Å². The number of hydrogen-bond donors (Lipinski definition) is 0. The van der Waals surface area contributed by atoms with Crippen molar-refractivity contribution < 1.29 is 9.53 Å². The zero-order valence-corrected chi connectivity index (χ0v) is 11.6. The average molecular weight is 265 g/mol. The Morgan fingerprint density at radius 1 is 1.15 bits per heavy atom. The minimum atomic E-state index is 0.0400. The molecule has 2 aliphatic heterocycles. The first kappa shape index (κ1) is 11.5. The first-order valence-electron chi connectivity index (χ1n) is 6.82. The summed E-state index contributed by atoms with van der Waals surface area (Å²) >= 11 is 0. The van der Waals surface area contributed by atoms with Crippen LogP contribution < -0.4 is 9.64 Å². The van der Waals surface area contributed by atoms with E-state index in [-0.39, 0.29) is 12.5 Å². The van der Waals surface area contributed by atoms with Gasteiger partial charge in [0.1, 0.15) is 5.75 Å². The van der Waals surface area contributed by atoms with E-state index in [1.807, 2.05) is 24.0 Å². The fraction of sp³-hybridized carbons (Fsp3) is 0.235. The van der Waals surface area contributed by atoms with Crippen molar-refractivity contribution in [3.8, 4) is 16.9 Å². The van der Waals surface area contributed by atoms with Gasteiger partial charge in [0.15, 0.2) is 6.61 Å². The molecule has 0 N–H and O–H groups in total. The van der Waals surface area contributed by atoms with E-state index in [9.17, 15) is 4.79 Å². The molecule has 0 radical (unpaired) electrons. The van der Waals surface area contributed by atoms with Gasteiger partial charge in [0, 0.05) is 5.56 Å². The molecule has 0 bridgehead atoms. The fourth-order valence-corrected chi connectivity index (χ4v) is 3.31. The highest BCUT2D eigenvalue weighted by atomic mass is 16.5. The van der Waals surface area contributed by atoms with Gasteiger partial charge in [-0.15, -0.1) is 0 Å². The van der Waals surface area contributed by atoms with Gasteiger partial charge in [-0.25, -0.2) is 0 Å². The molecular weight excluding hydrogens is 250 g/mol. The van der Waals surface area contributed by atoms with Crippen LogP contribution in [0.1, 0.15) is 16.7 Å². The molecule has 0 spiro atoms. The second kappa shape index (κ2) is 3.85. The van der Waals surface area contributed by atoms with Crippen molar-refractivity contribution >= 4 is 11.6 Å². The quantitative estimate of drug-likeness (QED) is 0.732. The molecule has 0 saturated carbocycles. The number of aryl methyl sites for hydroxylation is 2. The zero-order valence-electron chi connectivity index (χ0n) is 11.6. The number of carbonyl (C=O) groups excluding carboxylic acids is 1. The molecule has 0 aromatic heterocycles. The highest BCUT2D eigenvalue weighted by Crippen LogP contribution is 2.49. The monoisotopic (exact) mass is 265 g/mol. The van der Waals surface area contributed by atoms with E-state index < -0.39 is 0 Å². The third-order valence-electron chi connectivity index (χ3n) is 4.16. The number of ether oxygens (including phenoxy) is 1. The van der Waals surface area contributed by atoms with Gasteiger partial charge in [0.25, 0.3) is 5.91 Å². The number of benzene rings is 2. The van der Waals surface area contributed by atoms with Crippen LogP contribution in [0.25, 0.3) is 11.1 Å². The molecule has 2 aromatic rings. The van der Waals surface area contributed by atoms with Crippen LogP contribution in [0, 0.1) is 13.8 Å². The second-order valence-corrected chi connectivity index (χ2v) is 5.49. The molecule has 0 saturated heterocycles. The lowest BCUT2D eigenvalue weighted by atomic mass is 9.88. The van der Waals surface area contributed by atoms with Crippen LogP contribution in [0.3, 0.4) is 0 Å². The van der Waals surface area contributed by atoms with Crippen molar-refractivity contribution in [2.75, 3.05) is 11.5 Å². The lowest BCUT2D eigenvalue weighted by Gasteiger charge is -2.37. The first-order valence-corrected chi connectivity index (χ1v) is 6.82. The van der Waals surface area contributed by atoms with Crippen LogP contribution in [0.15, 0.2) is 30.3 Å². The van der Waals surface area contributed by atoms with Crippen LogP contribution in [-0.2, 0) is 11.3 Å². The standard InChI is InChI=1S/C17H15NO2/c1-10-7-11(2)17-16-15(10)13-6-4-3-5-12(13)8-18(16)14(19)9-20-17/h3-7H,8-9H2,1-2H3. The molecule has 3 heteroatoms. The maximum Gasteiger partial charge on any atom is 0.265 e. The Bertz CT molecular complexity index is 749. The number of carbonyl (C=O) groups is 1. The molecular formula is C17H15NO2. The molecule has 100 valence electrons. The van der Waals surface area contributed by atoms with E-state index in [2.05, 4.69) is 25.1 Å². The normalized spacial score (nSPS) is 15.5. The smallest absolute Gasteiger partial charge is 0.265 e. The summed E-state index contributed by atoms with van der Waals surface area (Å²) in [5.41, 5.74) is 6.80. The summed E-state index contributed by atoms with van der Waals surface area (Å²) in [6.45, 7) is 4.92. The van der Waals surface area contributed by atoms with E-state index in [1.54, 1.807) is 0 Å². The third kappa shape index (κ3) is 1.38. The van der Waals surface area contributed by atoms with E-state index in [4.69, 9.17) is 4.74 Å². The van der Waals surface area contributed by atoms with Crippen molar-refractivity contribution in [1.29, 1.82) is 0 Å². The minimum Gasteiger partial charge on any atom is -0.481 e. The summed E-state index contributed by atoms with van der Waals surface area (Å²) in [7, 11) is 0. The molecule has 0 aliphatic carbocycles. The molecule has 4 rings (SSSR count). The topological polar surface area (TPSA) is 29.5 Å². The van der Waals surface area contributed by atoms with Gasteiger partial charge in [-0.05, 0) is 36.1 Å². The van der Waals surface area contributed by atoms with E-state index in [0.717, 1.165) is 22.6 Å². The number of hydrogen-bond acceptors (Lipinski definition) is 2. The van der Waals surface area contributed by atoms with Crippen LogP contribution in [0.5, 0.6) is 5.75 Å². The summed E-state index contributed by atoms with van der Waals surface area (Å²) in [6, 6.07) is 10.4. The van der Waals surface area contributed by atoms with Crippen LogP contribution in [0.4, 0.5) is 5.69 Å². The van der Waals surface area contributed by atoms with Crippen molar-refractivity contribution in [3.63, 3.8) is 0 Å². The lowest BCUT2D eigenvalue weighted by molar-refractivity contribution is -0.121. The molecule has 0 fully saturated rings. The molecule has 3 nitrogen and oxygen atoms in total. The van der Waals surface area contributed by atoms with Gasteiger partial charge >= 0.3 is 0 Å². The maximum atomic E-state index is 12.2. The average Bonchev–Trinajstić information content (AvgIpc) is 2.44. The predicted molar refractivity (Wildman–Crippen MR) is 78.0 cm³/mol. The highest BCUT2D eigenvalue weighted by molar-refractivity contribution is 6.05. The van der Waals surface area contributed by atoms with Gasteiger partial charge in [-0.3, -0.25) is 4.79 Å². The van der Waals surface area contributed by atoms with Crippen molar-refractivity contribution in [3.05, 3.63) is 47.0 Å². The Kier molecular flexibility index (Phi) is 2.22. The maximum absolute atomic E-state index is 12.2. The minimum absolute atomic E-state index is 0.0400. The molecule has 0 atom stereocenters. The van der Waals surface area contributed by atoms with Crippen LogP contribution in [-0.4, -0.2) is 12.5 Å². The third-order valence-corrected chi connectivity index (χ3v) is 4.16. The van der Waals surface area contributed by atoms with Gasteiger partial charge in [-0.1, -0.05) is 30.3 Å². The Hall–Kier alpha value is -2.29. The summed E-state index contributed by atoms with van der Waals surface area (Å²) in [4.78, 5) is 14.1. The summed E-state index contributed by atoms with van der Waals surface area (Å²) in [5.74, 6) is 0.901. The molecule has 2 aromatic carbocycles. The second-order valence-electron chi connectivity index (χ2n) is 5.49. The van der Waals surface area contributed by atoms with Crippen molar-refractivity contribution in [2.24, 2.45) is 0 Å². The number of nitrogens with zero attached hydrogens (tertiary/aromatic N) is 1. The lowest BCUT2D eigenvalue weighted by Crippen LogP contribution is -2.40. The SMILES string of the molecule is Cc1cc(C)c2c3c1OCC(=O)N3Cc1ccccc1-2. The molecule has 1 amide bonds. The largest absolute Gasteiger partial charge is 0.481 e. The Morgan fingerprint density at radius 2 is 1.95 bits per heavy atom. The van der Waals surface area contributed by atoms with Gasteiger partial charge in [-0.2, -0.15) is 0 Å². The van der Waals surface area contributed by atoms with Crippen molar-refractivity contribution in [1.82, 2.24) is 0 Å². The predicted octanol–water partition coefficient (Wildman–Crippen LogP) is 3.21. The van der Waals surface area contributed by atoms with Crippen molar-refractivity contribution in [2.45, 2.75) is 20.4 Å². The Balaban J connectivity index is 2.12. The number of rotatable bonds is 0. The first-order chi connectivity index (χ1) is 9.66. The molecule has 0 unspecified atom stereocenters. The summed E-state index contributed by atoms with van der Waals surface area (Å²) in [6.07, 6.45) is 0. The highest BCUT2D eigenvalue weighted by Gasteiger charge is 2.34.